The van der Waals surface area contributed by atoms with Crippen LogP contribution in [0.5, 0.6) is 0 Å². The van der Waals surface area contributed by atoms with Gasteiger partial charge in [0.1, 0.15) is 4.34 Å². The summed E-state index contributed by atoms with van der Waals surface area (Å²) in [5.74, 6) is -0.923. The fourth-order valence-electron chi connectivity index (χ4n) is 4.52. The average Bonchev–Trinajstić information content (AvgIpc) is 3.60. The molecule has 5 rings (SSSR count). The summed E-state index contributed by atoms with van der Waals surface area (Å²) >= 11 is 7.30. The van der Waals surface area contributed by atoms with Crippen molar-refractivity contribution in [2.24, 2.45) is 0 Å². The van der Waals surface area contributed by atoms with Crippen LogP contribution in [0.3, 0.4) is 0 Å². The van der Waals surface area contributed by atoms with E-state index in [9.17, 15) is 18.0 Å². The molecule has 8 nitrogen and oxygen atoms in total. The number of sulfone groups is 1. The van der Waals surface area contributed by atoms with Gasteiger partial charge in [-0.25, -0.2) is 13.4 Å². The number of nitrogens with one attached hydrogen (secondary N) is 1. The third-order valence-corrected chi connectivity index (χ3v) is 10.1. The minimum atomic E-state index is -3.35. The monoisotopic (exact) mass is 574 g/mol. The second-order valence-corrected chi connectivity index (χ2v) is 13.2. The van der Waals surface area contributed by atoms with E-state index >= 15 is 0 Å². The Bertz CT molecular complexity index is 1430. The van der Waals surface area contributed by atoms with Crippen LogP contribution in [0.15, 0.2) is 53.4 Å². The summed E-state index contributed by atoms with van der Waals surface area (Å²) in [4.78, 5) is 29.9. The van der Waals surface area contributed by atoms with Gasteiger partial charge in [-0.3, -0.25) is 14.9 Å². The van der Waals surface area contributed by atoms with Crippen LogP contribution in [0.25, 0.3) is 0 Å². The number of hydrogen-bond acceptors (Lipinski definition) is 8. The number of amides is 1. The molecule has 11 heteroatoms. The minimum absolute atomic E-state index is 0.101. The summed E-state index contributed by atoms with van der Waals surface area (Å²) in [6.07, 6.45) is 1.35. The number of esters is 1. The maximum atomic E-state index is 13.5. The molecule has 1 saturated carbocycles. The molecule has 0 spiro atoms. The number of hydrogen-bond donors (Lipinski definition) is 1. The third-order valence-electron chi connectivity index (χ3n) is 6.55. The van der Waals surface area contributed by atoms with Gasteiger partial charge in [0.05, 0.1) is 35.0 Å². The first-order chi connectivity index (χ1) is 18.2. The number of halogens is 1. The third kappa shape index (κ3) is 5.93. The first kappa shape index (κ1) is 26.8. The quantitative estimate of drug-likeness (QED) is 0.349. The fraction of sp³-hybridized carbons (Fsp3) is 0.370. The molecule has 38 heavy (non-hydrogen) atoms. The van der Waals surface area contributed by atoms with Gasteiger partial charge in [0.25, 0.3) is 5.91 Å². The van der Waals surface area contributed by atoms with Gasteiger partial charge in [-0.05, 0) is 61.4 Å². The van der Waals surface area contributed by atoms with Crippen molar-refractivity contribution in [3.05, 3.63) is 75.3 Å². The lowest BCUT2D eigenvalue weighted by atomic mass is 10.1. The number of rotatable bonds is 10. The highest BCUT2D eigenvalue weighted by atomic mass is 35.5. The number of anilines is 1. The van der Waals surface area contributed by atoms with Gasteiger partial charge < -0.3 is 9.47 Å². The Balaban J connectivity index is 1.36. The molecule has 0 saturated heterocycles. The number of ether oxygens (including phenoxy) is 2. The van der Waals surface area contributed by atoms with E-state index in [2.05, 4.69) is 10.3 Å². The van der Waals surface area contributed by atoms with Gasteiger partial charge in [-0.2, -0.15) is 0 Å². The Morgan fingerprint density at radius 1 is 1.11 bits per heavy atom. The van der Waals surface area contributed by atoms with Crippen molar-refractivity contribution in [1.29, 1.82) is 0 Å². The molecule has 1 aromatic heterocycles. The molecule has 200 valence electrons. The summed E-state index contributed by atoms with van der Waals surface area (Å²) in [6.45, 7) is 1.96. The van der Waals surface area contributed by atoms with Crippen LogP contribution < -0.4 is 5.32 Å². The molecule has 1 unspecified atom stereocenters. The number of thiazole rings is 1. The molecule has 0 radical (unpaired) electrons. The minimum Gasteiger partial charge on any atom is -0.466 e. The molecule has 3 aromatic rings. The Labute approximate surface area is 230 Å². The molecule has 2 aliphatic rings. The summed E-state index contributed by atoms with van der Waals surface area (Å²) < 4.78 is 36.9. The number of nitrogens with zero attached hydrogens (tertiary/aromatic N) is 1. The van der Waals surface area contributed by atoms with E-state index in [1.807, 2.05) is 24.3 Å². The smallest absolute Gasteiger partial charge is 0.311 e. The van der Waals surface area contributed by atoms with E-state index in [0.717, 1.165) is 11.3 Å². The van der Waals surface area contributed by atoms with Gasteiger partial charge in [0, 0.05) is 0 Å². The van der Waals surface area contributed by atoms with Crippen molar-refractivity contribution in [3.63, 3.8) is 0 Å². The SMILES string of the molecule is CCOC(=O)Cc1nc(NC(=O)C(OC2Cc3ccccc3C2)c2ccc(S(=O)(=O)C3CC3)cc2)sc1Cl. The molecular formula is C27H27ClN2O6S2. The van der Waals surface area contributed by atoms with E-state index in [1.165, 1.54) is 23.3 Å². The number of benzene rings is 2. The highest BCUT2D eigenvalue weighted by molar-refractivity contribution is 7.92. The largest absolute Gasteiger partial charge is 0.466 e. The van der Waals surface area contributed by atoms with E-state index in [4.69, 9.17) is 21.1 Å². The average molecular weight is 575 g/mol. The molecule has 1 N–H and O–H groups in total. The Kier molecular flexibility index (Phi) is 7.85. The van der Waals surface area contributed by atoms with E-state index in [-0.39, 0.29) is 38.7 Å². The predicted octanol–water partition coefficient (Wildman–Crippen LogP) is 4.70. The van der Waals surface area contributed by atoms with Gasteiger partial charge in [0.2, 0.25) is 0 Å². The van der Waals surface area contributed by atoms with Crippen LogP contribution in [-0.4, -0.2) is 43.2 Å². The molecule has 1 amide bonds. The van der Waals surface area contributed by atoms with E-state index in [0.29, 0.717) is 36.9 Å². The zero-order valence-electron chi connectivity index (χ0n) is 20.7. The topological polar surface area (TPSA) is 112 Å². The van der Waals surface area contributed by atoms with E-state index < -0.39 is 27.8 Å². The summed E-state index contributed by atoms with van der Waals surface area (Å²) in [6, 6.07) is 14.4. The molecular weight excluding hydrogens is 548 g/mol. The maximum absolute atomic E-state index is 13.5. The Morgan fingerprint density at radius 3 is 2.37 bits per heavy atom. The Hall–Kier alpha value is -2.79. The number of carbonyl (C=O) groups is 2. The first-order valence-corrected chi connectivity index (χ1v) is 15.2. The summed E-state index contributed by atoms with van der Waals surface area (Å²) in [5, 5.41) is 2.68. The van der Waals surface area contributed by atoms with Crippen LogP contribution in [-0.2, 0) is 48.2 Å². The molecule has 0 aliphatic heterocycles. The van der Waals surface area contributed by atoms with Crippen molar-refractivity contribution < 1.29 is 27.5 Å². The number of fused-ring (bicyclic) bond motifs is 1. The lowest BCUT2D eigenvalue weighted by Crippen LogP contribution is -2.28. The second kappa shape index (κ2) is 11.1. The van der Waals surface area contributed by atoms with Gasteiger partial charge in [0.15, 0.2) is 21.1 Å². The van der Waals surface area contributed by atoms with E-state index in [1.54, 1.807) is 19.1 Å². The standard InChI is InChI=1S/C27H27ClN2O6S2/c1-2-35-23(31)15-22-25(28)37-27(29-22)30-26(32)24(36-19-13-17-5-3-4-6-18(17)14-19)16-7-9-20(10-8-16)38(33,34)21-11-12-21/h3-10,19,21,24H,2,11-15H2,1H3,(H,29,30,32). The van der Waals surface area contributed by atoms with Crippen molar-refractivity contribution >= 4 is 49.8 Å². The van der Waals surface area contributed by atoms with Crippen molar-refractivity contribution in [1.82, 2.24) is 4.98 Å². The van der Waals surface area contributed by atoms with Gasteiger partial charge in [-0.1, -0.05) is 59.3 Å². The second-order valence-electron chi connectivity index (χ2n) is 9.34. The Morgan fingerprint density at radius 2 is 1.76 bits per heavy atom. The highest BCUT2D eigenvalue weighted by Gasteiger charge is 2.37. The lowest BCUT2D eigenvalue weighted by molar-refractivity contribution is -0.142. The van der Waals surface area contributed by atoms with Gasteiger partial charge >= 0.3 is 5.97 Å². The predicted molar refractivity (Wildman–Crippen MR) is 144 cm³/mol. The van der Waals surface area contributed by atoms with Crippen LogP contribution in [0.2, 0.25) is 4.34 Å². The van der Waals surface area contributed by atoms with Crippen LogP contribution in [0.1, 0.15) is 48.3 Å². The van der Waals surface area contributed by atoms with Crippen LogP contribution in [0, 0.1) is 0 Å². The summed E-state index contributed by atoms with van der Waals surface area (Å²) in [7, 11) is -3.35. The molecule has 1 heterocycles. The fourth-order valence-corrected chi connectivity index (χ4v) is 7.22. The zero-order valence-corrected chi connectivity index (χ0v) is 23.1. The normalized spacial score (nSPS) is 16.2. The lowest BCUT2D eigenvalue weighted by Gasteiger charge is -2.22. The highest BCUT2D eigenvalue weighted by Crippen LogP contribution is 2.35. The van der Waals surface area contributed by atoms with Gasteiger partial charge in [-0.15, -0.1) is 0 Å². The molecule has 1 fully saturated rings. The van der Waals surface area contributed by atoms with Crippen LogP contribution in [0.4, 0.5) is 5.13 Å². The maximum Gasteiger partial charge on any atom is 0.311 e. The van der Waals surface area contributed by atoms with Crippen molar-refractivity contribution in [3.8, 4) is 0 Å². The van der Waals surface area contributed by atoms with Crippen molar-refractivity contribution in [2.75, 3.05) is 11.9 Å². The van der Waals surface area contributed by atoms with Crippen molar-refractivity contribution in [2.45, 2.75) is 61.4 Å². The first-order valence-electron chi connectivity index (χ1n) is 12.4. The zero-order chi connectivity index (χ0) is 26.9. The molecule has 1 atom stereocenters. The summed E-state index contributed by atoms with van der Waals surface area (Å²) in [5.41, 5.74) is 3.21. The number of aromatic nitrogens is 1. The molecule has 2 aliphatic carbocycles. The number of carbonyl (C=O) groups excluding carboxylic acids is 2. The van der Waals surface area contributed by atoms with Crippen LogP contribution >= 0.6 is 22.9 Å². The molecule has 2 aromatic carbocycles. The molecule has 0 bridgehead atoms.